The van der Waals surface area contributed by atoms with Crippen LogP contribution in [0.1, 0.15) is 39.5 Å². The van der Waals surface area contributed by atoms with Gasteiger partial charge in [-0.1, -0.05) is 19.8 Å². The van der Waals surface area contributed by atoms with Gasteiger partial charge in [-0.2, -0.15) is 0 Å². The highest BCUT2D eigenvalue weighted by molar-refractivity contribution is 5.77. The second-order valence-corrected chi connectivity index (χ2v) is 5.81. The summed E-state index contributed by atoms with van der Waals surface area (Å²) >= 11 is 0. The maximum atomic E-state index is 12.1. The summed E-state index contributed by atoms with van der Waals surface area (Å²) < 4.78 is 5.83. The van der Waals surface area contributed by atoms with Gasteiger partial charge in [-0.3, -0.25) is 4.79 Å². The first kappa shape index (κ1) is 13.8. The molecule has 1 saturated carbocycles. The molecular weight excluding hydrogens is 228 g/mol. The first-order valence-electron chi connectivity index (χ1n) is 7.29. The third-order valence-corrected chi connectivity index (χ3v) is 4.18. The van der Waals surface area contributed by atoms with Crippen LogP contribution < -0.4 is 5.32 Å². The second-order valence-electron chi connectivity index (χ2n) is 5.81. The highest BCUT2D eigenvalue weighted by Gasteiger charge is 2.25. The van der Waals surface area contributed by atoms with E-state index in [1.54, 1.807) is 0 Å². The second kappa shape index (κ2) is 6.53. The molecule has 0 radical (unpaired) electrons. The normalized spacial score (nSPS) is 33.4. The van der Waals surface area contributed by atoms with Crippen LogP contribution in [0.2, 0.25) is 0 Å². The average Bonchev–Trinajstić information content (AvgIpc) is 2.37. The Hall–Kier alpha value is -0.610. The molecule has 4 nitrogen and oxygen atoms in total. The van der Waals surface area contributed by atoms with Crippen LogP contribution >= 0.6 is 0 Å². The summed E-state index contributed by atoms with van der Waals surface area (Å²) in [7, 11) is 0. The molecule has 1 aliphatic carbocycles. The molecule has 1 amide bonds. The molecule has 2 rings (SSSR count). The summed E-state index contributed by atoms with van der Waals surface area (Å²) in [6, 6.07) is 0.399. The van der Waals surface area contributed by atoms with Gasteiger partial charge in [0.2, 0.25) is 5.91 Å². The van der Waals surface area contributed by atoms with Crippen molar-refractivity contribution in [3.63, 3.8) is 0 Å². The molecule has 0 bridgehead atoms. The Morgan fingerprint density at radius 2 is 2.11 bits per heavy atom. The zero-order chi connectivity index (χ0) is 13.0. The number of carbonyl (C=O) groups is 1. The number of hydrogen-bond donors (Lipinski definition) is 1. The van der Waals surface area contributed by atoms with Crippen molar-refractivity contribution in [1.29, 1.82) is 0 Å². The van der Waals surface area contributed by atoms with Crippen LogP contribution in [0.5, 0.6) is 0 Å². The van der Waals surface area contributed by atoms with Crippen LogP contribution in [0, 0.1) is 5.92 Å². The van der Waals surface area contributed by atoms with Gasteiger partial charge in [-0.15, -0.1) is 0 Å². The number of rotatable bonds is 3. The lowest BCUT2D eigenvalue weighted by atomic mass is 9.88. The quantitative estimate of drug-likeness (QED) is 0.828. The number of hydrogen-bond acceptors (Lipinski definition) is 3. The van der Waals surface area contributed by atoms with E-state index in [1.807, 2.05) is 4.90 Å². The highest BCUT2D eigenvalue weighted by atomic mass is 16.5. The molecule has 3 unspecified atom stereocenters. The molecule has 2 aliphatic rings. The summed E-state index contributed by atoms with van der Waals surface area (Å²) in [5.74, 6) is 0.759. The molecule has 1 saturated heterocycles. The Morgan fingerprint density at radius 3 is 2.83 bits per heavy atom. The van der Waals surface area contributed by atoms with E-state index in [0.717, 1.165) is 26.1 Å². The van der Waals surface area contributed by atoms with Crippen LogP contribution in [0.4, 0.5) is 0 Å². The fraction of sp³-hybridized carbons (Fsp3) is 0.929. The molecule has 0 spiro atoms. The van der Waals surface area contributed by atoms with E-state index >= 15 is 0 Å². The number of nitrogens with zero attached hydrogens (tertiary/aromatic N) is 1. The third kappa shape index (κ3) is 3.69. The topological polar surface area (TPSA) is 41.6 Å². The molecular formula is C14H26N2O2. The monoisotopic (exact) mass is 254 g/mol. The summed E-state index contributed by atoms with van der Waals surface area (Å²) in [4.78, 5) is 14.0. The average molecular weight is 254 g/mol. The number of piperazine rings is 1. The fourth-order valence-corrected chi connectivity index (χ4v) is 2.96. The van der Waals surface area contributed by atoms with Crippen molar-refractivity contribution in [3.05, 3.63) is 0 Å². The zero-order valence-corrected chi connectivity index (χ0v) is 11.7. The van der Waals surface area contributed by atoms with Gasteiger partial charge in [0.15, 0.2) is 0 Å². The summed E-state index contributed by atoms with van der Waals surface area (Å²) in [5.41, 5.74) is 0. The minimum absolute atomic E-state index is 0.154. The molecule has 1 N–H and O–H groups in total. The van der Waals surface area contributed by atoms with Crippen LogP contribution in [-0.4, -0.2) is 49.2 Å². The molecule has 1 aliphatic heterocycles. The standard InChI is InChI=1S/C14H26N2O2/c1-11-5-3-4-6-13(11)18-10-14(17)16-8-7-15-12(2)9-16/h11-13,15H,3-10H2,1-2H3. The molecule has 0 aromatic rings. The van der Waals surface area contributed by atoms with Gasteiger partial charge in [0, 0.05) is 25.7 Å². The van der Waals surface area contributed by atoms with Gasteiger partial charge in [0.25, 0.3) is 0 Å². The predicted octanol–water partition coefficient (Wildman–Crippen LogP) is 1.40. The smallest absolute Gasteiger partial charge is 0.248 e. The van der Waals surface area contributed by atoms with Crippen LogP contribution in [0.25, 0.3) is 0 Å². The maximum absolute atomic E-state index is 12.1. The van der Waals surface area contributed by atoms with Crippen molar-refractivity contribution in [2.75, 3.05) is 26.2 Å². The molecule has 0 aromatic carbocycles. The van der Waals surface area contributed by atoms with E-state index in [2.05, 4.69) is 19.2 Å². The highest BCUT2D eigenvalue weighted by Crippen LogP contribution is 2.26. The maximum Gasteiger partial charge on any atom is 0.248 e. The Bertz CT molecular complexity index is 283. The van der Waals surface area contributed by atoms with Crippen molar-refractivity contribution in [1.82, 2.24) is 10.2 Å². The van der Waals surface area contributed by atoms with E-state index < -0.39 is 0 Å². The van der Waals surface area contributed by atoms with E-state index in [1.165, 1.54) is 19.3 Å². The number of ether oxygens (including phenoxy) is 1. The summed E-state index contributed by atoms with van der Waals surface area (Å²) in [5, 5.41) is 3.34. The Kier molecular flexibility index (Phi) is 5.01. The van der Waals surface area contributed by atoms with Crippen molar-refractivity contribution in [2.45, 2.75) is 51.7 Å². The molecule has 1 heterocycles. The first-order valence-corrected chi connectivity index (χ1v) is 7.29. The van der Waals surface area contributed by atoms with Crippen LogP contribution in [0.15, 0.2) is 0 Å². The van der Waals surface area contributed by atoms with Crippen molar-refractivity contribution >= 4 is 5.91 Å². The largest absolute Gasteiger partial charge is 0.368 e. The number of amides is 1. The summed E-state index contributed by atoms with van der Waals surface area (Å²) in [6.45, 7) is 7.13. The Labute approximate surface area is 110 Å². The SMILES string of the molecule is CC1CN(C(=O)COC2CCCCC2C)CCN1. The van der Waals surface area contributed by atoms with Crippen LogP contribution in [0.3, 0.4) is 0 Å². The van der Waals surface area contributed by atoms with Crippen LogP contribution in [-0.2, 0) is 9.53 Å². The number of carbonyl (C=O) groups excluding carboxylic acids is 1. The minimum Gasteiger partial charge on any atom is -0.368 e. The van der Waals surface area contributed by atoms with Gasteiger partial charge in [0.05, 0.1) is 6.10 Å². The van der Waals surface area contributed by atoms with Gasteiger partial charge >= 0.3 is 0 Å². The Morgan fingerprint density at radius 1 is 1.33 bits per heavy atom. The molecule has 104 valence electrons. The van der Waals surface area contributed by atoms with Gasteiger partial charge < -0.3 is 15.0 Å². The fourth-order valence-electron chi connectivity index (χ4n) is 2.96. The predicted molar refractivity (Wildman–Crippen MR) is 71.4 cm³/mol. The van der Waals surface area contributed by atoms with Crippen molar-refractivity contribution in [2.24, 2.45) is 5.92 Å². The zero-order valence-electron chi connectivity index (χ0n) is 11.7. The van der Waals surface area contributed by atoms with E-state index in [9.17, 15) is 4.79 Å². The minimum atomic E-state index is 0.154. The van der Waals surface area contributed by atoms with E-state index in [4.69, 9.17) is 4.74 Å². The van der Waals surface area contributed by atoms with E-state index in [-0.39, 0.29) is 12.5 Å². The number of nitrogens with one attached hydrogen (secondary N) is 1. The lowest BCUT2D eigenvalue weighted by Crippen LogP contribution is -2.52. The van der Waals surface area contributed by atoms with Crippen molar-refractivity contribution < 1.29 is 9.53 Å². The van der Waals surface area contributed by atoms with Gasteiger partial charge in [-0.25, -0.2) is 0 Å². The van der Waals surface area contributed by atoms with Crippen molar-refractivity contribution in [3.8, 4) is 0 Å². The lowest BCUT2D eigenvalue weighted by molar-refractivity contribution is -0.141. The van der Waals surface area contributed by atoms with E-state index in [0.29, 0.717) is 18.1 Å². The molecule has 4 heteroatoms. The van der Waals surface area contributed by atoms with Gasteiger partial charge in [0.1, 0.15) is 6.61 Å². The Balaban J connectivity index is 1.73. The summed E-state index contributed by atoms with van der Waals surface area (Å²) in [6.07, 6.45) is 5.21. The first-order chi connectivity index (χ1) is 8.66. The molecule has 18 heavy (non-hydrogen) atoms. The molecule has 0 aromatic heterocycles. The van der Waals surface area contributed by atoms with Gasteiger partial charge in [-0.05, 0) is 25.7 Å². The molecule has 2 fully saturated rings. The third-order valence-electron chi connectivity index (χ3n) is 4.18. The molecule has 3 atom stereocenters. The lowest BCUT2D eigenvalue weighted by Gasteiger charge is -2.33.